The summed E-state index contributed by atoms with van der Waals surface area (Å²) in [6.07, 6.45) is 3.89. The van der Waals surface area contributed by atoms with Crippen LogP contribution in [0.1, 0.15) is 18.4 Å². The molecule has 7 heteroatoms. The maximum Gasteiger partial charge on any atom is 0.266 e. The van der Waals surface area contributed by atoms with Crippen LogP contribution in [0, 0.1) is 0 Å². The Morgan fingerprint density at radius 2 is 2.25 bits per heavy atom. The van der Waals surface area contributed by atoms with E-state index in [4.69, 9.17) is 26.4 Å². The molecule has 0 N–H and O–H groups in total. The van der Waals surface area contributed by atoms with Crippen molar-refractivity contribution in [1.29, 1.82) is 0 Å². The van der Waals surface area contributed by atoms with Gasteiger partial charge in [-0.2, -0.15) is 0 Å². The fourth-order valence-electron chi connectivity index (χ4n) is 2.74. The summed E-state index contributed by atoms with van der Waals surface area (Å²) in [5.74, 6) is 1.31. The fraction of sp³-hybridized carbons (Fsp3) is 0.412. The highest BCUT2D eigenvalue weighted by molar-refractivity contribution is 8.26. The molecule has 1 unspecified atom stereocenters. The molecule has 1 aromatic carbocycles. The second-order valence-electron chi connectivity index (χ2n) is 5.54. The van der Waals surface area contributed by atoms with Gasteiger partial charge >= 0.3 is 0 Å². The van der Waals surface area contributed by atoms with E-state index in [1.807, 2.05) is 18.2 Å². The van der Waals surface area contributed by atoms with Crippen molar-refractivity contribution < 1.29 is 19.0 Å². The maximum atomic E-state index is 12.7. The molecule has 128 valence electrons. The van der Waals surface area contributed by atoms with E-state index in [-0.39, 0.29) is 12.0 Å². The first-order valence-corrected chi connectivity index (χ1v) is 8.94. The van der Waals surface area contributed by atoms with Crippen LogP contribution in [0.3, 0.4) is 0 Å². The van der Waals surface area contributed by atoms with Crippen LogP contribution in [-0.2, 0) is 9.53 Å². The van der Waals surface area contributed by atoms with Gasteiger partial charge in [0.15, 0.2) is 0 Å². The second-order valence-corrected chi connectivity index (χ2v) is 7.21. The normalized spacial score (nSPS) is 22.5. The average Bonchev–Trinajstić information content (AvgIpc) is 3.19. The molecule has 0 saturated carbocycles. The highest BCUT2D eigenvalue weighted by Crippen LogP contribution is 2.35. The average molecular weight is 365 g/mol. The minimum absolute atomic E-state index is 0.0784. The van der Waals surface area contributed by atoms with Gasteiger partial charge in [0, 0.05) is 12.2 Å². The Morgan fingerprint density at radius 1 is 1.42 bits per heavy atom. The van der Waals surface area contributed by atoms with Crippen LogP contribution >= 0.6 is 24.0 Å². The number of thioether (sulfide) groups is 1. The van der Waals surface area contributed by atoms with E-state index >= 15 is 0 Å². The van der Waals surface area contributed by atoms with Gasteiger partial charge in [-0.15, -0.1) is 0 Å². The molecule has 0 bridgehead atoms. The van der Waals surface area contributed by atoms with Gasteiger partial charge in [-0.3, -0.25) is 9.69 Å². The third-order valence-electron chi connectivity index (χ3n) is 4.01. The lowest BCUT2D eigenvalue weighted by atomic mass is 10.1. The predicted molar refractivity (Wildman–Crippen MR) is 98.4 cm³/mol. The molecule has 1 aromatic rings. The lowest BCUT2D eigenvalue weighted by Crippen LogP contribution is -2.35. The van der Waals surface area contributed by atoms with E-state index < -0.39 is 0 Å². The monoisotopic (exact) mass is 365 g/mol. The van der Waals surface area contributed by atoms with E-state index in [1.54, 1.807) is 25.2 Å². The van der Waals surface area contributed by atoms with Gasteiger partial charge in [-0.1, -0.05) is 24.0 Å². The summed E-state index contributed by atoms with van der Waals surface area (Å²) in [6.45, 7) is 1.29. The zero-order chi connectivity index (χ0) is 17.1. The van der Waals surface area contributed by atoms with Crippen molar-refractivity contribution >= 4 is 40.3 Å². The molecule has 24 heavy (non-hydrogen) atoms. The quantitative estimate of drug-likeness (QED) is 0.590. The first kappa shape index (κ1) is 17.3. The molecule has 2 fully saturated rings. The van der Waals surface area contributed by atoms with Crippen molar-refractivity contribution in [2.45, 2.75) is 18.9 Å². The van der Waals surface area contributed by atoms with Gasteiger partial charge in [-0.25, -0.2) is 0 Å². The molecule has 0 aliphatic carbocycles. The van der Waals surface area contributed by atoms with Gasteiger partial charge in [0.05, 0.1) is 31.8 Å². The number of hydrogen-bond donors (Lipinski definition) is 0. The molecular weight excluding hydrogens is 346 g/mol. The van der Waals surface area contributed by atoms with Crippen LogP contribution in [0.15, 0.2) is 23.1 Å². The summed E-state index contributed by atoms with van der Waals surface area (Å²) in [5, 5.41) is 0. The smallest absolute Gasteiger partial charge is 0.266 e. The number of ether oxygens (including phenoxy) is 3. The van der Waals surface area contributed by atoms with Crippen molar-refractivity contribution in [3.8, 4) is 11.5 Å². The number of carbonyl (C=O) groups excluding carboxylic acids is 1. The molecule has 0 spiro atoms. The van der Waals surface area contributed by atoms with Crippen LogP contribution < -0.4 is 9.47 Å². The number of nitrogens with zero attached hydrogens (tertiary/aromatic N) is 1. The Bertz CT molecular complexity index is 683. The third-order valence-corrected chi connectivity index (χ3v) is 5.39. The number of carbonyl (C=O) groups is 1. The Hall–Kier alpha value is -1.57. The third kappa shape index (κ3) is 3.58. The first-order chi connectivity index (χ1) is 11.6. The minimum atomic E-state index is -0.0784. The maximum absolute atomic E-state index is 12.7. The summed E-state index contributed by atoms with van der Waals surface area (Å²) in [5.41, 5.74) is 0.787. The summed E-state index contributed by atoms with van der Waals surface area (Å²) >= 11 is 6.68. The van der Waals surface area contributed by atoms with Crippen molar-refractivity contribution in [2.24, 2.45) is 0 Å². The molecule has 2 heterocycles. The standard InChI is InChI=1S/C17H19NO4S2/c1-20-12-5-6-14(21-2)11(8-12)9-15-16(19)18(17(23)24-15)10-13-4-3-7-22-13/h5-6,8-9,13H,3-4,7,10H2,1-2H3/b15-9-. The van der Waals surface area contributed by atoms with Crippen molar-refractivity contribution in [1.82, 2.24) is 4.90 Å². The highest BCUT2D eigenvalue weighted by atomic mass is 32.2. The molecule has 0 radical (unpaired) electrons. The van der Waals surface area contributed by atoms with Crippen LogP contribution in [0.25, 0.3) is 6.08 Å². The Labute approximate surface area is 150 Å². The highest BCUT2D eigenvalue weighted by Gasteiger charge is 2.34. The van der Waals surface area contributed by atoms with Gasteiger partial charge in [0.2, 0.25) is 0 Å². The van der Waals surface area contributed by atoms with Gasteiger partial charge in [-0.05, 0) is 37.1 Å². The fourth-order valence-corrected chi connectivity index (χ4v) is 4.01. The predicted octanol–water partition coefficient (Wildman–Crippen LogP) is 3.08. The first-order valence-electron chi connectivity index (χ1n) is 7.71. The Kier molecular flexibility index (Phi) is 5.43. The lowest BCUT2D eigenvalue weighted by Gasteiger charge is -2.18. The number of benzene rings is 1. The molecule has 2 aliphatic heterocycles. The zero-order valence-electron chi connectivity index (χ0n) is 13.6. The van der Waals surface area contributed by atoms with Crippen molar-refractivity contribution in [3.63, 3.8) is 0 Å². The topological polar surface area (TPSA) is 48.0 Å². The Balaban J connectivity index is 1.83. The molecule has 5 nitrogen and oxygen atoms in total. The lowest BCUT2D eigenvalue weighted by molar-refractivity contribution is -0.123. The van der Waals surface area contributed by atoms with Crippen LogP contribution in [0.5, 0.6) is 11.5 Å². The molecule has 3 rings (SSSR count). The minimum Gasteiger partial charge on any atom is -0.497 e. The summed E-state index contributed by atoms with van der Waals surface area (Å²) in [7, 11) is 3.20. The van der Waals surface area contributed by atoms with E-state index in [1.165, 1.54) is 11.8 Å². The van der Waals surface area contributed by atoms with Crippen LogP contribution in [0.4, 0.5) is 0 Å². The molecule has 0 aromatic heterocycles. The van der Waals surface area contributed by atoms with E-state index in [0.717, 1.165) is 25.0 Å². The Morgan fingerprint density at radius 3 is 2.92 bits per heavy atom. The summed E-state index contributed by atoms with van der Waals surface area (Å²) < 4.78 is 16.8. The number of hydrogen-bond acceptors (Lipinski definition) is 6. The van der Waals surface area contributed by atoms with E-state index in [9.17, 15) is 4.79 Å². The van der Waals surface area contributed by atoms with Gasteiger partial charge in [0.25, 0.3) is 5.91 Å². The van der Waals surface area contributed by atoms with Crippen LogP contribution in [0.2, 0.25) is 0 Å². The molecule has 1 atom stereocenters. The number of amides is 1. The number of rotatable bonds is 5. The number of methoxy groups -OCH3 is 2. The van der Waals surface area contributed by atoms with Gasteiger partial charge < -0.3 is 14.2 Å². The molecule has 2 aliphatic rings. The molecular formula is C17H19NO4S2. The van der Waals surface area contributed by atoms with Crippen molar-refractivity contribution in [2.75, 3.05) is 27.4 Å². The van der Waals surface area contributed by atoms with E-state index in [0.29, 0.717) is 27.3 Å². The van der Waals surface area contributed by atoms with Crippen LogP contribution in [-0.4, -0.2) is 48.6 Å². The summed E-state index contributed by atoms with van der Waals surface area (Å²) in [4.78, 5) is 14.9. The van der Waals surface area contributed by atoms with Crippen molar-refractivity contribution in [3.05, 3.63) is 28.7 Å². The second kappa shape index (κ2) is 7.55. The van der Waals surface area contributed by atoms with E-state index in [2.05, 4.69) is 0 Å². The summed E-state index contributed by atoms with van der Waals surface area (Å²) in [6, 6.07) is 5.47. The SMILES string of the molecule is COc1ccc(OC)c(/C=C2\SC(=S)N(CC3CCCO3)C2=O)c1. The number of thiocarbonyl (C=S) groups is 1. The zero-order valence-corrected chi connectivity index (χ0v) is 15.2. The molecule has 1 amide bonds. The largest absolute Gasteiger partial charge is 0.497 e. The van der Waals surface area contributed by atoms with Gasteiger partial charge in [0.1, 0.15) is 15.8 Å². The molecule has 2 saturated heterocycles.